The van der Waals surface area contributed by atoms with E-state index in [-0.39, 0.29) is 23.1 Å². The molecular weight excluding hydrogens is 424 g/mol. The molecule has 0 unspecified atom stereocenters. The Kier molecular flexibility index (Phi) is 5.65. The summed E-state index contributed by atoms with van der Waals surface area (Å²) >= 11 is 1.33. The van der Waals surface area contributed by atoms with E-state index < -0.39 is 5.91 Å². The van der Waals surface area contributed by atoms with Gasteiger partial charge in [0, 0.05) is 30.8 Å². The number of rotatable bonds is 7. The molecule has 0 spiro atoms. The van der Waals surface area contributed by atoms with Gasteiger partial charge in [0.2, 0.25) is 11.6 Å². The predicted octanol–water partition coefficient (Wildman–Crippen LogP) is 0.202. The SMILES string of the molecule is C/C(=N/NC(=O)c1nnn(-c2nonc2N)c1CSc1nncn1C)c1ccncc1. The summed E-state index contributed by atoms with van der Waals surface area (Å²) in [5.41, 5.74) is 10.2. The molecule has 0 bridgehead atoms. The van der Waals surface area contributed by atoms with Gasteiger partial charge in [-0.05, 0) is 29.4 Å². The van der Waals surface area contributed by atoms with Crippen LogP contribution in [-0.4, -0.2) is 56.7 Å². The average molecular weight is 440 g/mol. The summed E-state index contributed by atoms with van der Waals surface area (Å²) in [6.07, 6.45) is 4.85. The number of nitrogen functional groups attached to an aromatic ring is 1. The molecule has 0 fully saturated rings. The molecule has 4 heterocycles. The van der Waals surface area contributed by atoms with Crippen LogP contribution in [0.3, 0.4) is 0 Å². The number of hydrogen-bond donors (Lipinski definition) is 2. The second-order valence-electron chi connectivity index (χ2n) is 6.16. The van der Waals surface area contributed by atoms with Crippen molar-refractivity contribution in [3.05, 3.63) is 47.8 Å². The molecule has 31 heavy (non-hydrogen) atoms. The first-order valence-corrected chi connectivity index (χ1v) is 9.78. The standard InChI is InChI=1S/C16H16N12O2S/c1-9(10-3-5-18-6-4-10)20-22-15(29)12-11(7-31-16-23-19-8-27(16)2)28(26-21-12)14-13(17)24-30-25-14/h3-6,8H,7H2,1-2H3,(H2,17,24)(H,22,29)/b20-9-. The van der Waals surface area contributed by atoms with Gasteiger partial charge in [-0.15, -0.1) is 15.3 Å². The Morgan fingerprint density at radius 3 is 2.77 bits per heavy atom. The van der Waals surface area contributed by atoms with Gasteiger partial charge in [-0.1, -0.05) is 17.0 Å². The third-order valence-corrected chi connectivity index (χ3v) is 5.15. The second kappa shape index (κ2) is 8.70. The summed E-state index contributed by atoms with van der Waals surface area (Å²) < 4.78 is 7.69. The van der Waals surface area contributed by atoms with Gasteiger partial charge >= 0.3 is 0 Å². The topological polar surface area (TPSA) is 181 Å². The van der Waals surface area contributed by atoms with Gasteiger partial charge in [0.25, 0.3) is 5.91 Å². The van der Waals surface area contributed by atoms with Gasteiger partial charge in [0.15, 0.2) is 10.9 Å². The summed E-state index contributed by atoms with van der Waals surface area (Å²) in [4.78, 5) is 16.8. The lowest BCUT2D eigenvalue weighted by molar-refractivity contribution is 0.0949. The third-order valence-electron chi connectivity index (χ3n) is 4.11. The first-order chi connectivity index (χ1) is 15.0. The van der Waals surface area contributed by atoms with Crippen molar-refractivity contribution in [2.75, 3.05) is 5.73 Å². The molecule has 4 aromatic heterocycles. The van der Waals surface area contributed by atoms with E-state index in [9.17, 15) is 4.79 Å². The van der Waals surface area contributed by atoms with Crippen LogP contribution < -0.4 is 11.2 Å². The highest BCUT2D eigenvalue weighted by molar-refractivity contribution is 7.98. The molecule has 0 radical (unpaired) electrons. The fourth-order valence-electron chi connectivity index (χ4n) is 2.50. The van der Waals surface area contributed by atoms with Crippen LogP contribution in [0.15, 0.2) is 45.7 Å². The molecule has 1 amide bonds. The summed E-state index contributed by atoms with van der Waals surface area (Å²) in [5.74, 6) is -0.157. The van der Waals surface area contributed by atoms with Crippen molar-refractivity contribution in [2.45, 2.75) is 17.8 Å². The first-order valence-electron chi connectivity index (χ1n) is 8.79. The number of aromatic nitrogens is 9. The van der Waals surface area contributed by atoms with Crippen LogP contribution >= 0.6 is 11.8 Å². The minimum absolute atomic E-state index is 0.00770. The van der Waals surface area contributed by atoms with Crippen LogP contribution in [0.25, 0.3) is 5.82 Å². The number of aryl methyl sites for hydroxylation is 1. The minimum atomic E-state index is -0.553. The van der Waals surface area contributed by atoms with E-state index in [1.54, 1.807) is 42.3 Å². The normalized spacial score (nSPS) is 11.6. The largest absolute Gasteiger partial charge is 0.378 e. The number of pyridine rings is 1. The second-order valence-corrected chi connectivity index (χ2v) is 7.10. The van der Waals surface area contributed by atoms with Crippen molar-refractivity contribution in [3.63, 3.8) is 0 Å². The zero-order valence-electron chi connectivity index (χ0n) is 16.4. The molecule has 0 saturated carbocycles. The summed E-state index contributed by atoms with van der Waals surface area (Å²) in [6, 6.07) is 3.56. The molecule has 0 aromatic carbocycles. The first kappa shape index (κ1) is 20.1. The number of carbonyl (C=O) groups is 1. The lowest BCUT2D eigenvalue weighted by Crippen LogP contribution is -2.21. The molecule has 0 aliphatic heterocycles. The fourth-order valence-corrected chi connectivity index (χ4v) is 3.38. The van der Waals surface area contributed by atoms with Gasteiger partial charge in [-0.2, -0.15) is 9.78 Å². The van der Waals surface area contributed by atoms with Gasteiger partial charge in [0.1, 0.15) is 6.33 Å². The Balaban J connectivity index is 1.62. The number of hydrazone groups is 1. The molecule has 0 atom stereocenters. The van der Waals surface area contributed by atoms with Crippen molar-refractivity contribution in [1.82, 2.24) is 50.5 Å². The Bertz CT molecular complexity index is 1230. The highest BCUT2D eigenvalue weighted by Gasteiger charge is 2.24. The smallest absolute Gasteiger partial charge is 0.293 e. The number of hydrogen-bond acceptors (Lipinski definition) is 12. The van der Waals surface area contributed by atoms with Crippen LogP contribution in [0.2, 0.25) is 0 Å². The third kappa shape index (κ3) is 4.25. The molecule has 158 valence electrons. The summed E-state index contributed by atoms with van der Waals surface area (Å²) in [7, 11) is 1.81. The maximum absolute atomic E-state index is 12.8. The van der Waals surface area contributed by atoms with Crippen molar-refractivity contribution in [3.8, 4) is 5.82 Å². The Labute approximate surface area is 178 Å². The fraction of sp³-hybridized carbons (Fsp3) is 0.188. The van der Waals surface area contributed by atoms with Crippen molar-refractivity contribution in [2.24, 2.45) is 12.1 Å². The number of thioether (sulfide) groups is 1. The summed E-state index contributed by atoms with van der Waals surface area (Å²) in [5, 5.41) is 27.9. The number of nitrogens with one attached hydrogen (secondary N) is 1. The molecule has 4 aromatic rings. The molecule has 0 aliphatic rings. The monoisotopic (exact) mass is 440 g/mol. The van der Waals surface area contributed by atoms with Crippen LogP contribution in [0.4, 0.5) is 5.82 Å². The predicted molar refractivity (Wildman–Crippen MR) is 108 cm³/mol. The lowest BCUT2D eigenvalue weighted by atomic mass is 10.2. The van der Waals surface area contributed by atoms with Crippen molar-refractivity contribution >= 4 is 29.2 Å². The lowest BCUT2D eigenvalue weighted by Gasteiger charge is -2.06. The van der Waals surface area contributed by atoms with E-state index in [0.29, 0.717) is 16.6 Å². The Hall–Kier alpha value is -4.14. The van der Waals surface area contributed by atoms with E-state index in [0.717, 1.165) is 5.56 Å². The number of anilines is 1. The van der Waals surface area contributed by atoms with E-state index in [1.807, 2.05) is 7.05 Å². The molecule has 15 heteroatoms. The van der Waals surface area contributed by atoms with Gasteiger partial charge in [0.05, 0.1) is 11.4 Å². The summed E-state index contributed by atoms with van der Waals surface area (Å²) in [6.45, 7) is 1.76. The Morgan fingerprint density at radius 1 is 1.29 bits per heavy atom. The zero-order chi connectivity index (χ0) is 21.8. The number of amides is 1. The van der Waals surface area contributed by atoms with Gasteiger partial charge < -0.3 is 10.3 Å². The molecule has 0 saturated heterocycles. The van der Waals surface area contributed by atoms with Crippen molar-refractivity contribution in [1.29, 1.82) is 0 Å². The number of nitrogens with zero attached hydrogens (tertiary/aromatic N) is 10. The van der Waals surface area contributed by atoms with Gasteiger partial charge in [-0.25, -0.2) is 10.1 Å². The minimum Gasteiger partial charge on any atom is -0.378 e. The van der Waals surface area contributed by atoms with Crippen LogP contribution in [0.5, 0.6) is 0 Å². The van der Waals surface area contributed by atoms with E-state index in [1.165, 1.54) is 16.4 Å². The van der Waals surface area contributed by atoms with Crippen LogP contribution in [0.1, 0.15) is 28.7 Å². The average Bonchev–Trinajstić information content (AvgIpc) is 3.50. The molecular formula is C16H16N12O2S. The number of carbonyl (C=O) groups excluding carboxylic acids is 1. The van der Waals surface area contributed by atoms with Crippen molar-refractivity contribution < 1.29 is 9.42 Å². The molecule has 14 nitrogen and oxygen atoms in total. The van der Waals surface area contributed by atoms with Crippen LogP contribution in [0, 0.1) is 0 Å². The molecule has 0 aliphatic carbocycles. The van der Waals surface area contributed by atoms with Gasteiger partial charge in [-0.3, -0.25) is 9.78 Å². The highest BCUT2D eigenvalue weighted by atomic mass is 32.2. The highest BCUT2D eigenvalue weighted by Crippen LogP contribution is 2.24. The Morgan fingerprint density at radius 2 is 2.10 bits per heavy atom. The maximum atomic E-state index is 12.8. The maximum Gasteiger partial charge on any atom is 0.293 e. The van der Waals surface area contributed by atoms with Crippen LogP contribution in [-0.2, 0) is 12.8 Å². The number of nitrogens with two attached hydrogens (primary N) is 1. The van der Waals surface area contributed by atoms with E-state index >= 15 is 0 Å². The quantitative estimate of drug-likeness (QED) is 0.227. The van der Waals surface area contributed by atoms with E-state index in [4.69, 9.17) is 5.73 Å². The molecule has 4 rings (SSSR count). The van der Waals surface area contributed by atoms with E-state index in [2.05, 4.69) is 51.0 Å². The zero-order valence-corrected chi connectivity index (χ0v) is 17.2. The molecule has 3 N–H and O–H groups in total.